The summed E-state index contributed by atoms with van der Waals surface area (Å²) in [5.41, 5.74) is 5.47. The molecule has 1 aromatic heterocycles. The van der Waals surface area contributed by atoms with Crippen molar-refractivity contribution in [1.82, 2.24) is 25.6 Å². The normalized spacial score (nSPS) is 16.6. The van der Waals surface area contributed by atoms with Gasteiger partial charge >= 0.3 is 6.03 Å². The Labute approximate surface area is 136 Å². The van der Waals surface area contributed by atoms with E-state index in [1.165, 1.54) is 16.5 Å². The summed E-state index contributed by atoms with van der Waals surface area (Å²) in [4.78, 5) is 17.3. The molecule has 1 fully saturated rings. The summed E-state index contributed by atoms with van der Waals surface area (Å²) in [5, 5.41) is 6.07. The molecular weight excluding hydrogens is 290 g/mol. The van der Waals surface area contributed by atoms with Crippen molar-refractivity contribution < 1.29 is 4.79 Å². The van der Waals surface area contributed by atoms with E-state index >= 15 is 0 Å². The van der Waals surface area contributed by atoms with Gasteiger partial charge in [0.2, 0.25) is 0 Å². The van der Waals surface area contributed by atoms with Crippen molar-refractivity contribution >= 4 is 16.9 Å². The highest BCUT2D eigenvalue weighted by atomic mass is 16.2. The molecular formula is C17H25N5O. The molecule has 0 aliphatic carbocycles. The second kappa shape index (κ2) is 7.48. The maximum absolute atomic E-state index is 11.5. The third-order valence-corrected chi connectivity index (χ3v) is 4.34. The van der Waals surface area contributed by atoms with E-state index in [4.69, 9.17) is 0 Å². The Hall–Kier alpha value is -2.05. The van der Waals surface area contributed by atoms with Crippen LogP contribution in [0.25, 0.3) is 10.9 Å². The molecule has 6 heteroatoms. The average molecular weight is 315 g/mol. The van der Waals surface area contributed by atoms with Crippen molar-refractivity contribution in [1.29, 1.82) is 0 Å². The number of para-hydroxylation sites is 1. The fourth-order valence-electron chi connectivity index (χ4n) is 3.04. The number of fused-ring (bicyclic) bond motifs is 1. The van der Waals surface area contributed by atoms with E-state index in [-0.39, 0.29) is 6.03 Å². The number of amides is 2. The number of H-pyrrole nitrogens is 1. The molecule has 2 amide bonds. The van der Waals surface area contributed by atoms with Crippen LogP contribution in [0.4, 0.5) is 4.79 Å². The number of carbonyl (C=O) groups excluding carboxylic acids is 1. The smallest absolute Gasteiger partial charge is 0.329 e. The van der Waals surface area contributed by atoms with Crippen molar-refractivity contribution in [2.24, 2.45) is 0 Å². The Kier molecular flexibility index (Phi) is 5.15. The van der Waals surface area contributed by atoms with Crippen molar-refractivity contribution in [3.05, 3.63) is 36.0 Å². The summed E-state index contributed by atoms with van der Waals surface area (Å²) in [5.74, 6) is 0. The molecule has 0 spiro atoms. The van der Waals surface area contributed by atoms with E-state index in [2.05, 4.69) is 51.1 Å². The summed E-state index contributed by atoms with van der Waals surface area (Å²) < 4.78 is 0. The summed E-state index contributed by atoms with van der Waals surface area (Å²) in [6.45, 7) is 7.31. The molecule has 0 unspecified atom stereocenters. The minimum absolute atomic E-state index is 0.111. The minimum Gasteiger partial charge on any atom is -0.361 e. The second-order valence-corrected chi connectivity index (χ2v) is 5.91. The molecule has 0 atom stereocenters. The molecule has 23 heavy (non-hydrogen) atoms. The number of hydrogen-bond donors (Lipinski definition) is 3. The molecule has 1 aromatic carbocycles. The molecule has 1 aliphatic rings. The lowest BCUT2D eigenvalue weighted by molar-refractivity contribution is 0.0988. The SMILES string of the molecule is CCNC(=O)NN1CCN(CCc2c[nH]c3ccccc23)CC1. The first-order chi connectivity index (χ1) is 11.3. The highest BCUT2D eigenvalue weighted by Gasteiger charge is 2.18. The highest BCUT2D eigenvalue weighted by Crippen LogP contribution is 2.18. The van der Waals surface area contributed by atoms with Gasteiger partial charge in [-0.15, -0.1) is 0 Å². The van der Waals surface area contributed by atoms with Crippen LogP contribution in [0, 0.1) is 0 Å². The number of aromatic nitrogens is 1. The molecule has 3 rings (SSSR count). The Morgan fingerprint density at radius 3 is 2.78 bits per heavy atom. The van der Waals surface area contributed by atoms with Crippen LogP contribution in [0.5, 0.6) is 0 Å². The lowest BCUT2D eigenvalue weighted by Gasteiger charge is -2.34. The molecule has 124 valence electrons. The van der Waals surface area contributed by atoms with Gasteiger partial charge in [-0.2, -0.15) is 0 Å². The fraction of sp³-hybridized carbons (Fsp3) is 0.471. The predicted molar refractivity (Wildman–Crippen MR) is 92.2 cm³/mol. The number of hydrazine groups is 1. The molecule has 0 bridgehead atoms. The van der Waals surface area contributed by atoms with Gasteiger partial charge in [0.15, 0.2) is 0 Å². The zero-order chi connectivity index (χ0) is 16.1. The monoisotopic (exact) mass is 315 g/mol. The number of piperazine rings is 1. The van der Waals surface area contributed by atoms with Crippen LogP contribution in [-0.2, 0) is 6.42 Å². The molecule has 0 saturated carbocycles. The second-order valence-electron chi connectivity index (χ2n) is 5.91. The predicted octanol–water partition coefficient (Wildman–Crippen LogP) is 1.56. The topological polar surface area (TPSA) is 63.4 Å². The first kappa shape index (κ1) is 15.8. The number of hydrogen-bond acceptors (Lipinski definition) is 3. The van der Waals surface area contributed by atoms with Crippen LogP contribution in [0.2, 0.25) is 0 Å². The van der Waals surface area contributed by atoms with E-state index < -0.39 is 0 Å². The molecule has 1 saturated heterocycles. The zero-order valence-corrected chi connectivity index (χ0v) is 13.6. The van der Waals surface area contributed by atoms with E-state index in [9.17, 15) is 4.79 Å². The zero-order valence-electron chi connectivity index (χ0n) is 13.6. The summed E-state index contributed by atoms with van der Waals surface area (Å²) in [7, 11) is 0. The number of urea groups is 1. The van der Waals surface area contributed by atoms with Crippen molar-refractivity contribution in [3.63, 3.8) is 0 Å². The molecule has 2 aromatic rings. The largest absolute Gasteiger partial charge is 0.361 e. The Morgan fingerprint density at radius 2 is 2.00 bits per heavy atom. The van der Waals surface area contributed by atoms with Crippen LogP contribution in [0.1, 0.15) is 12.5 Å². The van der Waals surface area contributed by atoms with Gasteiger partial charge in [0.05, 0.1) is 0 Å². The van der Waals surface area contributed by atoms with Crippen molar-refractivity contribution in [2.45, 2.75) is 13.3 Å². The van der Waals surface area contributed by atoms with E-state index in [0.717, 1.165) is 39.1 Å². The molecule has 3 N–H and O–H groups in total. The van der Waals surface area contributed by atoms with Crippen LogP contribution >= 0.6 is 0 Å². The number of nitrogens with one attached hydrogen (secondary N) is 3. The quantitative estimate of drug-likeness (QED) is 0.785. The lowest BCUT2D eigenvalue weighted by Crippen LogP contribution is -2.55. The van der Waals surface area contributed by atoms with Crippen LogP contribution in [-0.4, -0.2) is 60.2 Å². The van der Waals surface area contributed by atoms with Gasteiger partial charge in [0.25, 0.3) is 0 Å². The molecule has 6 nitrogen and oxygen atoms in total. The van der Waals surface area contributed by atoms with Gasteiger partial charge in [-0.1, -0.05) is 18.2 Å². The highest BCUT2D eigenvalue weighted by molar-refractivity contribution is 5.83. The van der Waals surface area contributed by atoms with Crippen molar-refractivity contribution in [3.8, 4) is 0 Å². The van der Waals surface area contributed by atoms with Gasteiger partial charge in [-0.05, 0) is 25.0 Å². The van der Waals surface area contributed by atoms with Gasteiger partial charge in [0, 0.05) is 56.4 Å². The third kappa shape index (κ3) is 4.03. The summed E-state index contributed by atoms with van der Waals surface area (Å²) >= 11 is 0. The van der Waals surface area contributed by atoms with Crippen molar-refractivity contribution in [2.75, 3.05) is 39.3 Å². The van der Waals surface area contributed by atoms with Gasteiger partial charge in [0.1, 0.15) is 0 Å². The van der Waals surface area contributed by atoms with Gasteiger partial charge < -0.3 is 15.2 Å². The first-order valence-corrected chi connectivity index (χ1v) is 8.33. The average Bonchev–Trinajstić information content (AvgIpc) is 2.98. The first-order valence-electron chi connectivity index (χ1n) is 8.33. The number of rotatable bonds is 5. The number of carbonyl (C=O) groups is 1. The van der Waals surface area contributed by atoms with Crippen LogP contribution in [0.3, 0.4) is 0 Å². The van der Waals surface area contributed by atoms with E-state index in [1.54, 1.807) is 0 Å². The molecule has 2 heterocycles. The summed E-state index contributed by atoms with van der Waals surface area (Å²) in [6.07, 6.45) is 3.17. The van der Waals surface area contributed by atoms with Gasteiger partial charge in [-0.3, -0.25) is 5.43 Å². The number of nitrogens with zero attached hydrogens (tertiary/aromatic N) is 2. The van der Waals surface area contributed by atoms with Crippen LogP contribution in [0.15, 0.2) is 30.5 Å². The molecule has 0 radical (unpaired) electrons. The minimum atomic E-state index is -0.111. The Balaban J connectivity index is 1.45. The Bertz CT molecular complexity index is 645. The maximum Gasteiger partial charge on any atom is 0.329 e. The number of benzene rings is 1. The summed E-state index contributed by atoms with van der Waals surface area (Å²) in [6, 6.07) is 8.33. The van der Waals surface area contributed by atoms with Crippen LogP contribution < -0.4 is 10.7 Å². The lowest BCUT2D eigenvalue weighted by atomic mass is 10.1. The van der Waals surface area contributed by atoms with E-state index in [0.29, 0.717) is 6.54 Å². The van der Waals surface area contributed by atoms with Gasteiger partial charge in [-0.25, -0.2) is 9.80 Å². The maximum atomic E-state index is 11.5. The number of aromatic amines is 1. The third-order valence-electron chi connectivity index (χ3n) is 4.34. The fourth-order valence-corrected chi connectivity index (χ4v) is 3.04. The standard InChI is InChI=1S/C17H25N5O/c1-2-18-17(23)20-22-11-9-21(10-12-22)8-7-14-13-19-16-6-4-3-5-15(14)16/h3-6,13,19H,2,7-12H2,1H3,(H2,18,20,23). The molecule has 1 aliphatic heterocycles. The van der Waals surface area contributed by atoms with E-state index in [1.807, 2.05) is 11.9 Å². The Morgan fingerprint density at radius 1 is 1.22 bits per heavy atom.